The molecule has 1 N–H and O–H groups in total. The van der Waals surface area contributed by atoms with E-state index in [9.17, 15) is 0 Å². The van der Waals surface area contributed by atoms with Gasteiger partial charge in [0.25, 0.3) is 0 Å². The molecule has 3 rings (SSSR count). The third kappa shape index (κ3) is 2.32. The molecule has 86 valence electrons. The zero-order valence-corrected chi connectivity index (χ0v) is 11.6. The van der Waals surface area contributed by atoms with Crippen LogP contribution < -0.4 is 5.32 Å². The van der Waals surface area contributed by atoms with Crippen LogP contribution in [0.15, 0.2) is 48.5 Å². The molecule has 0 saturated heterocycles. The van der Waals surface area contributed by atoms with E-state index in [1.807, 2.05) is 0 Å². The van der Waals surface area contributed by atoms with Gasteiger partial charge in [-0.3, -0.25) is 0 Å². The number of nitrogens with one attached hydrogen (secondary N) is 1. The third-order valence-electron chi connectivity index (χ3n) is 3.34. The number of anilines is 1. The van der Waals surface area contributed by atoms with Crippen molar-refractivity contribution in [3.8, 4) is 0 Å². The molecule has 2 aromatic carbocycles. The molecule has 0 aromatic heterocycles. The molecule has 17 heavy (non-hydrogen) atoms. The van der Waals surface area contributed by atoms with Crippen LogP contribution in [0.2, 0.25) is 0 Å². The van der Waals surface area contributed by atoms with E-state index in [2.05, 4.69) is 76.4 Å². The second kappa shape index (κ2) is 4.69. The van der Waals surface area contributed by atoms with Gasteiger partial charge in [-0.25, -0.2) is 0 Å². The Morgan fingerprint density at radius 3 is 2.82 bits per heavy atom. The molecule has 0 amide bonds. The van der Waals surface area contributed by atoms with Crippen LogP contribution >= 0.6 is 22.6 Å². The van der Waals surface area contributed by atoms with Gasteiger partial charge in [0.2, 0.25) is 0 Å². The van der Waals surface area contributed by atoms with Crippen molar-refractivity contribution in [2.75, 3.05) is 11.9 Å². The summed E-state index contributed by atoms with van der Waals surface area (Å²) in [7, 11) is 0. The first-order valence-corrected chi connectivity index (χ1v) is 6.98. The Kier molecular flexibility index (Phi) is 3.05. The van der Waals surface area contributed by atoms with E-state index in [0.717, 1.165) is 6.54 Å². The number of halogens is 1. The Morgan fingerprint density at radius 2 is 2.00 bits per heavy atom. The number of hydrogen-bond acceptors (Lipinski definition) is 1. The van der Waals surface area contributed by atoms with Crippen LogP contribution in [0.4, 0.5) is 5.69 Å². The first-order valence-electron chi connectivity index (χ1n) is 5.90. The second-order valence-corrected chi connectivity index (χ2v) is 5.74. The van der Waals surface area contributed by atoms with Crippen molar-refractivity contribution in [3.63, 3.8) is 0 Å². The van der Waals surface area contributed by atoms with Crippen LogP contribution in [0.5, 0.6) is 0 Å². The van der Waals surface area contributed by atoms with Gasteiger partial charge >= 0.3 is 0 Å². The van der Waals surface area contributed by atoms with Crippen LogP contribution in [0.3, 0.4) is 0 Å². The first kappa shape index (κ1) is 11.1. The molecule has 0 aliphatic heterocycles. The summed E-state index contributed by atoms with van der Waals surface area (Å²) in [6, 6.07) is 17.3. The summed E-state index contributed by atoms with van der Waals surface area (Å²) in [6.45, 7) is 1.04. The fourth-order valence-corrected chi connectivity index (χ4v) is 2.93. The lowest BCUT2D eigenvalue weighted by atomic mass is 9.77. The molecule has 2 aromatic rings. The van der Waals surface area contributed by atoms with Crippen molar-refractivity contribution in [1.29, 1.82) is 0 Å². The van der Waals surface area contributed by atoms with Crippen molar-refractivity contribution >= 4 is 28.3 Å². The van der Waals surface area contributed by atoms with E-state index < -0.39 is 0 Å². The van der Waals surface area contributed by atoms with E-state index >= 15 is 0 Å². The molecular formula is C15H14IN. The highest BCUT2D eigenvalue weighted by molar-refractivity contribution is 14.1. The summed E-state index contributed by atoms with van der Waals surface area (Å²) < 4.78 is 1.28. The van der Waals surface area contributed by atoms with Gasteiger partial charge in [0.05, 0.1) is 0 Å². The lowest BCUT2D eigenvalue weighted by molar-refractivity contribution is 0.636. The van der Waals surface area contributed by atoms with E-state index in [1.54, 1.807) is 0 Å². The zero-order chi connectivity index (χ0) is 11.7. The maximum absolute atomic E-state index is 3.52. The predicted octanol–water partition coefficient (Wildman–Crippen LogP) is 4.04. The highest BCUT2D eigenvalue weighted by Crippen LogP contribution is 2.34. The number of hydrogen-bond donors (Lipinski definition) is 1. The van der Waals surface area contributed by atoms with Gasteiger partial charge in [0, 0.05) is 21.7 Å². The quantitative estimate of drug-likeness (QED) is 0.835. The second-order valence-electron chi connectivity index (χ2n) is 4.49. The van der Waals surface area contributed by atoms with E-state index in [-0.39, 0.29) is 0 Å². The van der Waals surface area contributed by atoms with E-state index in [0.29, 0.717) is 5.92 Å². The molecule has 1 unspecified atom stereocenters. The average molecular weight is 335 g/mol. The van der Waals surface area contributed by atoms with Gasteiger partial charge in [-0.2, -0.15) is 0 Å². The van der Waals surface area contributed by atoms with Crippen molar-refractivity contribution in [2.24, 2.45) is 0 Å². The van der Waals surface area contributed by atoms with E-state index in [4.69, 9.17) is 0 Å². The van der Waals surface area contributed by atoms with Gasteiger partial charge in [0.1, 0.15) is 0 Å². The molecule has 0 fully saturated rings. The Labute approximate surface area is 115 Å². The van der Waals surface area contributed by atoms with Crippen LogP contribution in [0.25, 0.3) is 0 Å². The van der Waals surface area contributed by atoms with Crippen molar-refractivity contribution in [2.45, 2.75) is 12.3 Å². The Bertz CT molecular complexity index is 536. The Balaban J connectivity index is 1.64. The monoisotopic (exact) mass is 335 g/mol. The van der Waals surface area contributed by atoms with Crippen LogP contribution in [-0.2, 0) is 6.42 Å². The maximum atomic E-state index is 3.52. The molecule has 1 aliphatic rings. The van der Waals surface area contributed by atoms with Crippen molar-refractivity contribution < 1.29 is 0 Å². The third-order valence-corrected chi connectivity index (χ3v) is 4.01. The fourth-order valence-electron chi connectivity index (χ4n) is 2.38. The SMILES string of the molecule is Ic1cccc(NCC2Cc3ccccc32)c1. The summed E-state index contributed by atoms with van der Waals surface area (Å²) in [5.74, 6) is 0.684. The number of benzene rings is 2. The largest absolute Gasteiger partial charge is 0.384 e. The average Bonchev–Trinajstić information content (AvgIpc) is 2.30. The fraction of sp³-hybridized carbons (Fsp3) is 0.200. The topological polar surface area (TPSA) is 12.0 Å². The Morgan fingerprint density at radius 1 is 1.12 bits per heavy atom. The maximum Gasteiger partial charge on any atom is 0.0350 e. The zero-order valence-electron chi connectivity index (χ0n) is 9.49. The molecule has 0 heterocycles. The normalized spacial score (nSPS) is 17.1. The lowest BCUT2D eigenvalue weighted by Gasteiger charge is -2.30. The van der Waals surface area contributed by atoms with Crippen LogP contribution in [0.1, 0.15) is 17.0 Å². The summed E-state index contributed by atoms with van der Waals surface area (Å²) in [4.78, 5) is 0. The summed E-state index contributed by atoms with van der Waals surface area (Å²) in [5.41, 5.74) is 4.26. The smallest absolute Gasteiger partial charge is 0.0350 e. The molecule has 1 atom stereocenters. The van der Waals surface area contributed by atoms with Crippen LogP contribution in [-0.4, -0.2) is 6.54 Å². The molecule has 0 saturated carbocycles. The molecule has 2 heteroatoms. The predicted molar refractivity (Wildman–Crippen MR) is 80.5 cm³/mol. The summed E-state index contributed by atoms with van der Waals surface area (Å²) in [6.07, 6.45) is 1.22. The van der Waals surface area contributed by atoms with Crippen molar-refractivity contribution in [1.82, 2.24) is 0 Å². The highest BCUT2D eigenvalue weighted by atomic mass is 127. The minimum Gasteiger partial charge on any atom is -0.384 e. The van der Waals surface area contributed by atoms with E-state index in [1.165, 1.54) is 26.8 Å². The highest BCUT2D eigenvalue weighted by Gasteiger charge is 2.24. The molecule has 0 radical (unpaired) electrons. The number of fused-ring (bicyclic) bond motifs is 1. The van der Waals surface area contributed by atoms with Crippen LogP contribution in [0, 0.1) is 3.57 Å². The standard InChI is InChI=1S/C15H14IN/c16-13-5-3-6-14(9-13)17-10-12-8-11-4-1-2-7-15(11)12/h1-7,9,12,17H,8,10H2. The Hall–Kier alpha value is -1.03. The lowest BCUT2D eigenvalue weighted by Crippen LogP contribution is -2.24. The van der Waals surface area contributed by atoms with Gasteiger partial charge in [-0.1, -0.05) is 30.3 Å². The minimum atomic E-state index is 0.684. The first-order chi connectivity index (χ1) is 8.33. The van der Waals surface area contributed by atoms with Gasteiger partial charge in [-0.15, -0.1) is 0 Å². The number of rotatable bonds is 3. The molecule has 0 bridgehead atoms. The molecule has 1 aliphatic carbocycles. The van der Waals surface area contributed by atoms with Gasteiger partial charge in [-0.05, 0) is 58.3 Å². The summed E-state index contributed by atoms with van der Waals surface area (Å²) in [5, 5.41) is 3.52. The van der Waals surface area contributed by atoms with Gasteiger partial charge in [0.15, 0.2) is 0 Å². The molecule has 0 spiro atoms. The molecular weight excluding hydrogens is 321 g/mol. The summed E-state index contributed by atoms with van der Waals surface area (Å²) >= 11 is 2.35. The minimum absolute atomic E-state index is 0.684. The van der Waals surface area contributed by atoms with Crippen molar-refractivity contribution in [3.05, 3.63) is 63.2 Å². The molecule has 1 nitrogen and oxygen atoms in total. The van der Waals surface area contributed by atoms with Gasteiger partial charge < -0.3 is 5.32 Å².